The van der Waals surface area contributed by atoms with E-state index in [9.17, 15) is 23.1 Å². The quantitative estimate of drug-likeness (QED) is 0.808. The molecule has 1 atom stereocenters. The lowest BCUT2D eigenvalue weighted by Gasteiger charge is -2.18. The summed E-state index contributed by atoms with van der Waals surface area (Å²) in [6.07, 6.45) is 1.25. The predicted octanol–water partition coefficient (Wildman–Crippen LogP) is 1.02. The maximum atomic E-state index is 12.6. The molecule has 8 heteroatoms. The van der Waals surface area contributed by atoms with Gasteiger partial charge < -0.3 is 10.0 Å². The monoisotopic (exact) mass is 368 g/mol. The molecule has 0 saturated carbocycles. The molecule has 7 nitrogen and oxygen atoms in total. The number of sulfonamides is 1. The summed E-state index contributed by atoms with van der Waals surface area (Å²) in [5.41, 5.74) is 1.89. The van der Waals surface area contributed by atoms with Crippen molar-refractivity contribution in [2.45, 2.75) is 44.6 Å². The van der Waals surface area contributed by atoms with E-state index < -0.39 is 22.0 Å². The number of nitrogens with zero attached hydrogens (tertiary/aromatic N) is 1. The zero-order valence-electron chi connectivity index (χ0n) is 14.7. The fourth-order valence-electron chi connectivity index (χ4n) is 2.89. The molecule has 0 fully saturated rings. The molecule has 2 rings (SSSR count). The van der Waals surface area contributed by atoms with Crippen LogP contribution in [-0.2, 0) is 32.5 Å². The van der Waals surface area contributed by atoms with Crippen LogP contribution in [0.15, 0.2) is 23.1 Å². The second kappa shape index (κ2) is 7.53. The van der Waals surface area contributed by atoms with Gasteiger partial charge in [0, 0.05) is 20.0 Å². The highest BCUT2D eigenvalue weighted by molar-refractivity contribution is 7.89. The minimum Gasteiger partial charge on any atom is -0.480 e. The molecule has 2 N–H and O–H groups in total. The number of carboxylic acids is 1. The molecular formula is C17H24N2O5S. The Morgan fingerprint density at radius 1 is 1.16 bits per heavy atom. The summed E-state index contributed by atoms with van der Waals surface area (Å²) in [5, 5.41) is 9.20. The second-order valence-electron chi connectivity index (χ2n) is 6.62. The third-order valence-corrected chi connectivity index (χ3v) is 5.89. The van der Waals surface area contributed by atoms with Gasteiger partial charge in [-0.25, -0.2) is 8.42 Å². The topological polar surface area (TPSA) is 104 Å². The first-order valence-corrected chi connectivity index (χ1v) is 9.72. The van der Waals surface area contributed by atoms with E-state index in [1.807, 2.05) is 0 Å². The number of hydrogen-bond acceptors (Lipinski definition) is 4. The fraction of sp³-hybridized carbons (Fsp3) is 0.529. The van der Waals surface area contributed by atoms with Gasteiger partial charge in [0.1, 0.15) is 6.04 Å². The molecule has 1 unspecified atom stereocenters. The Morgan fingerprint density at radius 2 is 1.76 bits per heavy atom. The van der Waals surface area contributed by atoms with Crippen molar-refractivity contribution in [3.8, 4) is 0 Å². The van der Waals surface area contributed by atoms with E-state index in [1.54, 1.807) is 30.9 Å². The third-order valence-electron chi connectivity index (χ3n) is 4.45. The molecule has 0 spiro atoms. The van der Waals surface area contributed by atoms with E-state index in [-0.39, 0.29) is 16.7 Å². The molecule has 1 aliphatic rings. The van der Waals surface area contributed by atoms with Gasteiger partial charge in [0.15, 0.2) is 0 Å². The lowest BCUT2D eigenvalue weighted by Crippen LogP contribution is -2.44. The highest BCUT2D eigenvalue weighted by Gasteiger charge is 2.28. The summed E-state index contributed by atoms with van der Waals surface area (Å²) in [7, 11) is -3.94. The van der Waals surface area contributed by atoms with Gasteiger partial charge >= 0.3 is 5.97 Å². The summed E-state index contributed by atoms with van der Waals surface area (Å²) < 4.78 is 27.4. The number of benzene rings is 1. The van der Waals surface area contributed by atoms with Crippen molar-refractivity contribution in [1.29, 1.82) is 0 Å². The first-order valence-electron chi connectivity index (χ1n) is 8.24. The molecule has 1 amide bonds. The highest BCUT2D eigenvalue weighted by atomic mass is 32.2. The van der Waals surface area contributed by atoms with Gasteiger partial charge in [0.05, 0.1) is 4.90 Å². The SMILES string of the molecule is CC(=O)N1CCc2ccc(S(=O)(=O)NC(C(=O)O)C(C)C)cc2CC1. The summed E-state index contributed by atoms with van der Waals surface area (Å²) in [4.78, 5) is 24.6. The van der Waals surface area contributed by atoms with Gasteiger partial charge in [0.25, 0.3) is 0 Å². The zero-order chi connectivity index (χ0) is 18.8. The lowest BCUT2D eigenvalue weighted by molar-refractivity contribution is -0.140. The Morgan fingerprint density at radius 3 is 2.28 bits per heavy atom. The van der Waals surface area contributed by atoms with Crippen molar-refractivity contribution in [2.75, 3.05) is 13.1 Å². The Kier molecular flexibility index (Phi) is 5.84. The molecule has 25 heavy (non-hydrogen) atoms. The highest BCUT2D eigenvalue weighted by Crippen LogP contribution is 2.21. The van der Waals surface area contributed by atoms with Gasteiger partial charge in [-0.1, -0.05) is 19.9 Å². The number of carbonyl (C=O) groups is 2. The number of fused-ring (bicyclic) bond motifs is 1. The number of carbonyl (C=O) groups excluding carboxylic acids is 1. The summed E-state index contributed by atoms with van der Waals surface area (Å²) in [6.45, 7) is 5.97. The lowest BCUT2D eigenvalue weighted by atomic mass is 10.0. The van der Waals surface area contributed by atoms with Gasteiger partial charge in [-0.05, 0) is 42.0 Å². The molecular weight excluding hydrogens is 344 g/mol. The predicted molar refractivity (Wildman–Crippen MR) is 92.7 cm³/mol. The second-order valence-corrected chi connectivity index (χ2v) is 8.33. The Balaban J connectivity index is 2.27. The van der Waals surface area contributed by atoms with Crippen molar-refractivity contribution < 1.29 is 23.1 Å². The Labute approximate surface area is 148 Å². The van der Waals surface area contributed by atoms with Crippen molar-refractivity contribution in [1.82, 2.24) is 9.62 Å². The number of rotatable bonds is 5. The molecule has 1 aliphatic heterocycles. The molecule has 0 aromatic heterocycles. The minimum absolute atomic E-state index is 0.00329. The standard InChI is InChI=1S/C17H24N2O5S/c1-11(2)16(17(21)22)18-25(23,24)15-5-4-13-6-8-19(12(3)20)9-7-14(13)10-15/h4-5,10-11,16,18H,6-9H2,1-3H3,(H,21,22). The number of carboxylic acid groups (broad SMARTS) is 1. The van der Waals surface area contributed by atoms with Crippen LogP contribution in [0.3, 0.4) is 0 Å². The van der Waals surface area contributed by atoms with Crippen molar-refractivity contribution in [3.63, 3.8) is 0 Å². The van der Waals surface area contributed by atoms with Crippen molar-refractivity contribution in [2.24, 2.45) is 5.92 Å². The smallest absolute Gasteiger partial charge is 0.322 e. The number of hydrogen-bond donors (Lipinski definition) is 2. The maximum Gasteiger partial charge on any atom is 0.322 e. The molecule has 0 saturated heterocycles. The number of aliphatic carboxylic acids is 1. The normalized spacial score (nSPS) is 16.2. The summed E-state index contributed by atoms with van der Waals surface area (Å²) in [5.74, 6) is -1.58. The maximum absolute atomic E-state index is 12.6. The molecule has 1 aromatic rings. The van der Waals surface area contributed by atoms with E-state index in [2.05, 4.69) is 4.72 Å². The molecule has 0 radical (unpaired) electrons. The average molecular weight is 368 g/mol. The molecule has 1 heterocycles. The van der Waals surface area contributed by atoms with Crippen LogP contribution in [0.2, 0.25) is 0 Å². The fourth-order valence-corrected chi connectivity index (χ4v) is 4.28. The van der Waals surface area contributed by atoms with Gasteiger partial charge in [-0.2, -0.15) is 4.72 Å². The molecule has 138 valence electrons. The first kappa shape index (κ1) is 19.4. The van der Waals surface area contributed by atoms with Crippen molar-refractivity contribution >= 4 is 21.9 Å². The Hall–Kier alpha value is -1.93. The number of amides is 1. The van der Waals surface area contributed by atoms with Crippen LogP contribution in [0.5, 0.6) is 0 Å². The van der Waals surface area contributed by atoms with Gasteiger partial charge in [0.2, 0.25) is 15.9 Å². The Bertz CT molecular complexity index is 773. The molecule has 0 aliphatic carbocycles. The summed E-state index contributed by atoms with van der Waals surface area (Å²) >= 11 is 0. The van der Waals surface area contributed by atoms with Crippen LogP contribution >= 0.6 is 0 Å². The van der Waals surface area contributed by atoms with Crippen LogP contribution in [0.1, 0.15) is 31.9 Å². The van der Waals surface area contributed by atoms with Crippen LogP contribution in [0.25, 0.3) is 0 Å². The minimum atomic E-state index is -3.94. The van der Waals surface area contributed by atoms with Crippen LogP contribution < -0.4 is 4.72 Å². The van der Waals surface area contributed by atoms with E-state index in [0.717, 1.165) is 11.1 Å². The largest absolute Gasteiger partial charge is 0.480 e. The van der Waals surface area contributed by atoms with E-state index in [4.69, 9.17) is 0 Å². The van der Waals surface area contributed by atoms with Crippen LogP contribution in [0.4, 0.5) is 0 Å². The van der Waals surface area contributed by atoms with Gasteiger partial charge in [-0.3, -0.25) is 9.59 Å². The van der Waals surface area contributed by atoms with E-state index in [1.165, 1.54) is 13.0 Å². The zero-order valence-corrected chi connectivity index (χ0v) is 15.5. The van der Waals surface area contributed by atoms with Crippen LogP contribution in [0, 0.1) is 5.92 Å². The average Bonchev–Trinajstić information content (AvgIpc) is 2.74. The first-order chi connectivity index (χ1) is 11.6. The van der Waals surface area contributed by atoms with E-state index >= 15 is 0 Å². The summed E-state index contributed by atoms with van der Waals surface area (Å²) in [6, 6.07) is 3.64. The molecule has 1 aromatic carbocycles. The number of nitrogens with one attached hydrogen (secondary N) is 1. The van der Waals surface area contributed by atoms with Crippen LogP contribution in [-0.4, -0.2) is 49.4 Å². The van der Waals surface area contributed by atoms with Crippen molar-refractivity contribution in [3.05, 3.63) is 29.3 Å². The molecule has 0 bridgehead atoms. The van der Waals surface area contributed by atoms with Gasteiger partial charge in [-0.15, -0.1) is 0 Å². The van der Waals surface area contributed by atoms with E-state index in [0.29, 0.717) is 25.9 Å². The third kappa shape index (κ3) is 4.58.